The fourth-order valence-electron chi connectivity index (χ4n) is 3.00. The van der Waals surface area contributed by atoms with Crippen LogP contribution in [0.4, 0.5) is 17.2 Å². The van der Waals surface area contributed by atoms with Crippen molar-refractivity contribution in [2.75, 3.05) is 33.0 Å². The number of nitrogens with zero attached hydrogens (tertiary/aromatic N) is 5. The van der Waals surface area contributed by atoms with Gasteiger partial charge in [-0.2, -0.15) is 13.5 Å². The molecule has 4 N–H and O–H groups in total. The van der Waals surface area contributed by atoms with Crippen LogP contribution in [0.5, 0.6) is 0 Å². The van der Waals surface area contributed by atoms with Crippen molar-refractivity contribution >= 4 is 50.5 Å². The molecular formula is C22H28Cl2N6O4S. The number of nitrogens with two attached hydrogens (primary N) is 1. The van der Waals surface area contributed by atoms with E-state index in [-0.39, 0.29) is 28.2 Å². The zero-order valence-corrected chi connectivity index (χ0v) is 22.0. The first kappa shape index (κ1) is 28.7. The first-order valence-corrected chi connectivity index (χ1v) is 12.6. The number of nitrogen functional groups attached to an aromatic ring is 1. The summed E-state index contributed by atoms with van der Waals surface area (Å²) in [5, 5.41) is 20.7. The number of para-hydroxylation sites is 1. The van der Waals surface area contributed by atoms with E-state index in [4.69, 9.17) is 38.6 Å². The van der Waals surface area contributed by atoms with Crippen LogP contribution in [0.25, 0.3) is 5.69 Å². The third kappa shape index (κ3) is 7.99. The van der Waals surface area contributed by atoms with Crippen LogP contribution in [-0.4, -0.2) is 60.0 Å². The van der Waals surface area contributed by atoms with Gasteiger partial charge in [0.1, 0.15) is 10.6 Å². The molecule has 1 unspecified atom stereocenters. The molecule has 0 fully saturated rings. The van der Waals surface area contributed by atoms with Gasteiger partial charge < -0.3 is 15.7 Å². The Morgan fingerprint density at radius 3 is 2.29 bits per heavy atom. The number of hydrogen-bond donors (Lipinski definition) is 3. The summed E-state index contributed by atoms with van der Waals surface area (Å²) in [6, 6.07) is 11.4. The number of anilines is 1. The van der Waals surface area contributed by atoms with Gasteiger partial charge in [-0.15, -0.1) is 10.2 Å². The van der Waals surface area contributed by atoms with Crippen LogP contribution in [0, 0.1) is 12.8 Å². The van der Waals surface area contributed by atoms with Crippen LogP contribution in [0.3, 0.4) is 0 Å². The second-order valence-corrected chi connectivity index (χ2v) is 10.2. The van der Waals surface area contributed by atoms with Gasteiger partial charge in [0.05, 0.1) is 21.4 Å². The molecule has 35 heavy (non-hydrogen) atoms. The minimum Gasteiger partial charge on any atom is -0.396 e. The second-order valence-electron chi connectivity index (χ2n) is 8.03. The van der Waals surface area contributed by atoms with Gasteiger partial charge in [0.2, 0.25) is 0 Å². The Hall–Kier alpha value is -2.54. The summed E-state index contributed by atoms with van der Waals surface area (Å²) in [5.74, 6) is 0.684. The Balaban J connectivity index is 0.000000466. The number of azo groups is 1. The van der Waals surface area contributed by atoms with Crippen LogP contribution >= 0.6 is 23.2 Å². The molecular weight excluding hydrogens is 515 g/mol. The molecule has 1 heterocycles. The summed E-state index contributed by atoms with van der Waals surface area (Å²) in [5.41, 5.74) is 7.88. The van der Waals surface area contributed by atoms with E-state index < -0.39 is 15.0 Å². The number of aliphatic hydroxyl groups is 1. The third-order valence-corrected chi connectivity index (χ3v) is 6.21. The fourth-order valence-corrected chi connectivity index (χ4v) is 4.29. The summed E-state index contributed by atoms with van der Waals surface area (Å²) >= 11 is 11.9. The van der Waals surface area contributed by atoms with E-state index in [9.17, 15) is 8.42 Å². The molecule has 190 valence electrons. The van der Waals surface area contributed by atoms with Gasteiger partial charge in [0.15, 0.2) is 11.5 Å². The second kappa shape index (κ2) is 12.4. The van der Waals surface area contributed by atoms with E-state index >= 15 is 0 Å². The topological polar surface area (TPSA) is 146 Å². The van der Waals surface area contributed by atoms with Crippen LogP contribution in [0.1, 0.15) is 12.6 Å². The molecule has 0 radical (unpaired) electrons. The average Bonchev–Trinajstić information content (AvgIpc) is 3.07. The lowest BCUT2D eigenvalue weighted by Crippen LogP contribution is -2.21. The molecule has 0 aliphatic carbocycles. The Morgan fingerprint density at radius 1 is 1.14 bits per heavy atom. The van der Waals surface area contributed by atoms with Crippen molar-refractivity contribution < 1.29 is 18.1 Å². The van der Waals surface area contributed by atoms with Gasteiger partial charge in [-0.05, 0) is 51.2 Å². The van der Waals surface area contributed by atoms with Crippen molar-refractivity contribution in [1.82, 2.24) is 14.7 Å². The largest absolute Gasteiger partial charge is 0.396 e. The summed E-state index contributed by atoms with van der Waals surface area (Å²) in [6.45, 7) is 5.01. The zero-order chi connectivity index (χ0) is 26.3. The molecule has 0 bridgehead atoms. The number of aliphatic hydroxyl groups excluding tert-OH is 1. The molecule has 0 saturated carbocycles. The highest BCUT2D eigenvalue weighted by atomic mass is 35.5. The maximum absolute atomic E-state index is 11.3. The normalized spacial score (nSPS) is 12.6. The molecule has 0 aliphatic heterocycles. The van der Waals surface area contributed by atoms with Gasteiger partial charge in [0.25, 0.3) is 10.1 Å². The van der Waals surface area contributed by atoms with Crippen LogP contribution in [-0.2, 0) is 10.1 Å². The monoisotopic (exact) mass is 542 g/mol. The predicted molar refractivity (Wildman–Crippen MR) is 138 cm³/mol. The Kier molecular flexibility index (Phi) is 10.2. The van der Waals surface area contributed by atoms with E-state index in [1.807, 2.05) is 51.4 Å². The third-order valence-electron chi connectivity index (χ3n) is 4.59. The first-order valence-electron chi connectivity index (χ1n) is 10.4. The van der Waals surface area contributed by atoms with Crippen molar-refractivity contribution in [3.63, 3.8) is 0 Å². The minimum atomic E-state index is -4.50. The number of benzene rings is 2. The smallest absolute Gasteiger partial charge is 0.296 e. The van der Waals surface area contributed by atoms with Gasteiger partial charge in [-0.1, -0.05) is 48.3 Å². The number of rotatable bonds is 7. The molecule has 0 amide bonds. The number of aryl methyl sites for hydroxylation is 1. The molecule has 0 saturated heterocycles. The van der Waals surface area contributed by atoms with Crippen LogP contribution < -0.4 is 5.73 Å². The van der Waals surface area contributed by atoms with E-state index in [1.165, 1.54) is 10.7 Å². The molecule has 3 aromatic rings. The van der Waals surface area contributed by atoms with E-state index in [0.29, 0.717) is 17.3 Å². The molecule has 0 aliphatic rings. The fraction of sp³-hybridized carbons (Fsp3) is 0.318. The van der Waals surface area contributed by atoms with Gasteiger partial charge in [-0.3, -0.25) is 4.55 Å². The Morgan fingerprint density at radius 2 is 1.77 bits per heavy atom. The van der Waals surface area contributed by atoms with E-state index in [1.54, 1.807) is 6.92 Å². The highest BCUT2D eigenvalue weighted by Crippen LogP contribution is 2.36. The maximum atomic E-state index is 11.3. The van der Waals surface area contributed by atoms with Crippen LogP contribution in [0.15, 0.2) is 57.6 Å². The first-order chi connectivity index (χ1) is 16.3. The molecule has 13 heteroatoms. The lowest BCUT2D eigenvalue weighted by atomic mass is 10.2. The maximum Gasteiger partial charge on any atom is 0.296 e. The Labute approximate surface area is 214 Å². The van der Waals surface area contributed by atoms with E-state index in [2.05, 4.69) is 20.2 Å². The number of halogens is 2. The highest BCUT2D eigenvalue weighted by Gasteiger charge is 2.18. The summed E-state index contributed by atoms with van der Waals surface area (Å²) in [7, 11) is -0.490. The van der Waals surface area contributed by atoms with Gasteiger partial charge >= 0.3 is 0 Å². The van der Waals surface area contributed by atoms with Gasteiger partial charge in [-0.25, -0.2) is 4.68 Å². The van der Waals surface area contributed by atoms with Crippen molar-refractivity contribution in [2.24, 2.45) is 16.1 Å². The number of aromatic nitrogens is 2. The standard InChI is InChI=1S/C16H13Cl2N5O3S.C6H15NO/c1-9-15(16(19)23(22-9)10-5-3-2-4-6-10)21-20-13-7-12(18)14(8-11(13)17)27(24,25)26;1-6(5-8)4-7(2)3/h2-8H,19H2,1H3,(H,24,25,26);6,8H,4-5H2,1-3H3. The number of hydrogen-bond acceptors (Lipinski definition) is 8. The van der Waals surface area contributed by atoms with E-state index in [0.717, 1.165) is 18.3 Å². The predicted octanol–water partition coefficient (Wildman–Crippen LogP) is 4.91. The van der Waals surface area contributed by atoms with Crippen molar-refractivity contribution in [3.8, 4) is 5.69 Å². The molecule has 1 aromatic heterocycles. The minimum absolute atomic E-state index is 0.0533. The van der Waals surface area contributed by atoms with Crippen molar-refractivity contribution in [3.05, 3.63) is 58.2 Å². The molecule has 3 rings (SSSR count). The molecule has 2 aromatic carbocycles. The molecule has 0 spiro atoms. The van der Waals surface area contributed by atoms with Crippen LogP contribution in [0.2, 0.25) is 10.0 Å². The lowest BCUT2D eigenvalue weighted by molar-refractivity contribution is 0.204. The molecule has 1 atom stereocenters. The zero-order valence-electron chi connectivity index (χ0n) is 19.7. The quantitative estimate of drug-likeness (QED) is 0.284. The molecule has 10 nitrogen and oxygen atoms in total. The summed E-state index contributed by atoms with van der Waals surface area (Å²) < 4.78 is 33.2. The average molecular weight is 543 g/mol. The summed E-state index contributed by atoms with van der Waals surface area (Å²) in [6.07, 6.45) is 0. The highest BCUT2D eigenvalue weighted by molar-refractivity contribution is 7.86. The van der Waals surface area contributed by atoms with Crippen molar-refractivity contribution in [1.29, 1.82) is 0 Å². The lowest BCUT2D eigenvalue weighted by Gasteiger charge is -2.13. The SMILES string of the molecule is CC(CO)CN(C)C.Cc1nn(-c2ccccc2)c(N)c1N=Nc1cc(Cl)c(S(=O)(=O)O)cc1Cl. The summed E-state index contributed by atoms with van der Waals surface area (Å²) in [4.78, 5) is 1.56. The van der Waals surface area contributed by atoms with Crippen molar-refractivity contribution in [2.45, 2.75) is 18.7 Å². The van der Waals surface area contributed by atoms with Gasteiger partial charge in [0, 0.05) is 13.2 Å². The Bertz CT molecular complexity index is 1280.